The van der Waals surface area contributed by atoms with E-state index < -0.39 is 0 Å². The first-order valence-corrected chi connectivity index (χ1v) is 7.44. The first-order valence-electron chi connectivity index (χ1n) is 7.44. The fraction of sp³-hybridized carbons (Fsp3) is 0.375. The summed E-state index contributed by atoms with van der Waals surface area (Å²) in [6, 6.07) is 9.87. The van der Waals surface area contributed by atoms with Gasteiger partial charge in [0.05, 0.1) is 0 Å². The first-order chi connectivity index (χ1) is 10.6. The molecule has 0 radical (unpaired) electrons. The maximum Gasteiger partial charge on any atom is 0.287 e. The Kier molecular flexibility index (Phi) is 5.55. The molecule has 2 aromatic rings. The summed E-state index contributed by atoms with van der Waals surface area (Å²) in [6.07, 6.45) is 0. The molecule has 1 amide bonds. The molecular weight excluding hydrogens is 280 g/mol. The summed E-state index contributed by atoms with van der Waals surface area (Å²) in [7, 11) is 0. The van der Waals surface area contributed by atoms with Gasteiger partial charge in [-0.25, -0.2) is 5.43 Å². The van der Waals surface area contributed by atoms with Crippen LogP contribution in [0, 0.1) is 6.92 Å². The van der Waals surface area contributed by atoms with E-state index in [-0.39, 0.29) is 11.6 Å². The second-order valence-corrected chi connectivity index (χ2v) is 4.97. The van der Waals surface area contributed by atoms with Crippen LogP contribution in [0.5, 0.6) is 0 Å². The van der Waals surface area contributed by atoms with E-state index in [2.05, 4.69) is 46.9 Å². The van der Waals surface area contributed by atoms with Crippen molar-refractivity contribution in [1.29, 1.82) is 0 Å². The average Bonchev–Trinajstić information content (AvgIpc) is 2.96. The summed E-state index contributed by atoms with van der Waals surface area (Å²) in [5, 5.41) is 3.66. The summed E-state index contributed by atoms with van der Waals surface area (Å²) >= 11 is 0. The molecule has 0 bridgehead atoms. The van der Waals surface area contributed by atoms with Crippen LogP contribution in [-0.2, 0) is 6.54 Å². The highest BCUT2D eigenvalue weighted by Crippen LogP contribution is 2.14. The van der Waals surface area contributed by atoms with E-state index in [1.807, 2.05) is 12.1 Å². The molecule has 2 rings (SSSR count). The molecule has 6 heteroatoms. The van der Waals surface area contributed by atoms with Crippen molar-refractivity contribution in [1.82, 2.24) is 16.0 Å². The Morgan fingerprint density at radius 1 is 1.23 bits per heavy atom. The highest BCUT2D eigenvalue weighted by atomic mass is 16.5. The van der Waals surface area contributed by atoms with Gasteiger partial charge in [0.25, 0.3) is 5.91 Å². The number of nitrogens with zero attached hydrogens (tertiary/aromatic N) is 2. The van der Waals surface area contributed by atoms with Gasteiger partial charge in [0.15, 0.2) is 5.69 Å². The molecule has 2 N–H and O–H groups in total. The van der Waals surface area contributed by atoms with E-state index >= 15 is 0 Å². The molecule has 0 aliphatic heterocycles. The van der Waals surface area contributed by atoms with Gasteiger partial charge in [-0.2, -0.15) is 0 Å². The minimum absolute atomic E-state index is 0.266. The van der Waals surface area contributed by atoms with Gasteiger partial charge in [0.1, 0.15) is 5.76 Å². The molecule has 0 aliphatic carbocycles. The van der Waals surface area contributed by atoms with Crippen LogP contribution in [0.4, 0.5) is 5.69 Å². The van der Waals surface area contributed by atoms with Gasteiger partial charge >= 0.3 is 0 Å². The Bertz CT molecular complexity index is 603. The largest absolute Gasteiger partial charge is 0.372 e. The van der Waals surface area contributed by atoms with Crippen LogP contribution in [0.15, 0.2) is 34.9 Å². The molecule has 0 saturated carbocycles. The van der Waals surface area contributed by atoms with Crippen LogP contribution < -0.4 is 15.8 Å². The number of aromatic nitrogens is 1. The molecule has 0 saturated heterocycles. The third kappa shape index (κ3) is 4.08. The molecule has 118 valence electrons. The van der Waals surface area contributed by atoms with Gasteiger partial charge in [-0.3, -0.25) is 10.2 Å². The molecule has 0 fully saturated rings. The second kappa shape index (κ2) is 7.61. The number of benzene rings is 1. The van der Waals surface area contributed by atoms with Gasteiger partial charge in [-0.05, 0) is 38.5 Å². The van der Waals surface area contributed by atoms with Crippen molar-refractivity contribution in [2.24, 2.45) is 0 Å². The molecule has 6 nitrogen and oxygen atoms in total. The number of carbonyl (C=O) groups excluding carboxylic acids is 1. The summed E-state index contributed by atoms with van der Waals surface area (Å²) in [5.41, 5.74) is 8.05. The lowest BCUT2D eigenvalue weighted by molar-refractivity contribution is 0.0923. The summed E-state index contributed by atoms with van der Waals surface area (Å²) < 4.78 is 4.86. The number of aryl methyl sites for hydroxylation is 1. The van der Waals surface area contributed by atoms with E-state index in [1.54, 1.807) is 13.0 Å². The Balaban J connectivity index is 1.83. The second-order valence-electron chi connectivity index (χ2n) is 4.97. The quantitative estimate of drug-likeness (QED) is 0.768. The SMILES string of the molecule is CCN(CC)c1ccc(CNNC(=O)c2cc(C)on2)cc1. The van der Waals surface area contributed by atoms with Crippen LogP contribution in [0.1, 0.15) is 35.7 Å². The Morgan fingerprint density at radius 3 is 2.45 bits per heavy atom. The zero-order valence-corrected chi connectivity index (χ0v) is 13.2. The van der Waals surface area contributed by atoms with E-state index in [1.165, 1.54) is 5.69 Å². The van der Waals surface area contributed by atoms with Crippen LogP contribution in [0.25, 0.3) is 0 Å². The van der Waals surface area contributed by atoms with Gasteiger partial charge in [0.2, 0.25) is 0 Å². The number of rotatable bonds is 7. The van der Waals surface area contributed by atoms with Crippen LogP contribution in [0.2, 0.25) is 0 Å². The highest BCUT2D eigenvalue weighted by molar-refractivity contribution is 5.91. The van der Waals surface area contributed by atoms with Crippen molar-refractivity contribution in [3.8, 4) is 0 Å². The standard InChI is InChI=1S/C16H22N4O2/c1-4-20(5-2)14-8-6-13(7-9-14)11-17-18-16(21)15-10-12(3)22-19-15/h6-10,17H,4-5,11H2,1-3H3,(H,18,21). The van der Waals surface area contributed by atoms with E-state index in [9.17, 15) is 4.79 Å². The van der Waals surface area contributed by atoms with Crippen LogP contribution in [-0.4, -0.2) is 24.2 Å². The average molecular weight is 302 g/mol. The van der Waals surface area contributed by atoms with Crippen molar-refractivity contribution >= 4 is 11.6 Å². The number of hydrazine groups is 1. The Morgan fingerprint density at radius 2 is 1.91 bits per heavy atom. The Labute approximate surface area is 130 Å². The molecule has 22 heavy (non-hydrogen) atoms. The molecule has 0 unspecified atom stereocenters. The van der Waals surface area contributed by atoms with Crippen molar-refractivity contribution in [3.05, 3.63) is 47.3 Å². The monoisotopic (exact) mass is 302 g/mol. The summed E-state index contributed by atoms with van der Waals surface area (Å²) in [4.78, 5) is 14.1. The number of amides is 1. The lowest BCUT2D eigenvalue weighted by Gasteiger charge is -2.21. The van der Waals surface area contributed by atoms with Crippen LogP contribution >= 0.6 is 0 Å². The van der Waals surface area contributed by atoms with Crippen molar-refractivity contribution in [2.75, 3.05) is 18.0 Å². The van der Waals surface area contributed by atoms with Crippen molar-refractivity contribution in [3.63, 3.8) is 0 Å². The van der Waals surface area contributed by atoms with Gasteiger partial charge in [-0.15, -0.1) is 0 Å². The van der Waals surface area contributed by atoms with Gasteiger partial charge in [0, 0.05) is 31.4 Å². The number of hydrogen-bond donors (Lipinski definition) is 2. The number of nitrogens with one attached hydrogen (secondary N) is 2. The molecule has 0 atom stereocenters. The zero-order valence-electron chi connectivity index (χ0n) is 13.2. The van der Waals surface area contributed by atoms with E-state index in [0.29, 0.717) is 12.3 Å². The van der Waals surface area contributed by atoms with Crippen molar-refractivity contribution in [2.45, 2.75) is 27.3 Å². The number of anilines is 1. The normalized spacial score (nSPS) is 10.5. The minimum Gasteiger partial charge on any atom is -0.372 e. The minimum atomic E-state index is -0.309. The predicted octanol–water partition coefficient (Wildman–Crippen LogP) is 2.26. The molecule has 1 heterocycles. The molecule has 0 spiro atoms. The fourth-order valence-electron chi connectivity index (χ4n) is 2.18. The molecule has 1 aromatic heterocycles. The summed E-state index contributed by atoms with van der Waals surface area (Å²) in [5.74, 6) is 0.300. The maximum atomic E-state index is 11.8. The van der Waals surface area contributed by atoms with Crippen molar-refractivity contribution < 1.29 is 9.32 Å². The topological polar surface area (TPSA) is 70.4 Å². The maximum absolute atomic E-state index is 11.8. The molecule has 0 aliphatic rings. The fourth-order valence-corrected chi connectivity index (χ4v) is 2.18. The number of hydrogen-bond acceptors (Lipinski definition) is 5. The lowest BCUT2D eigenvalue weighted by Crippen LogP contribution is -2.37. The van der Waals surface area contributed by atoms with E-state index in [4.69, 9.17) is 4.52 Å². The van der Waals surface area contributed by atoms with E-state index in [0.717, 1.165) is 18.7 Å². The third-order valence-electron chi connectivity index (χ3n) is 3.42. The zero-order chi connectivity index (χ0) is 15.9. The molecular formula is C16H22N4O2. The summed E-state index contributed by atoms with van der Waals surface area (Å²) in [6.45, 7) is 8.54. The lowest BCUT2D eigenvalue weighted by atomic mass is 10.2. The first kappa shape index (κ1) is 16.0. The molecule has 1 aromatic carbocycles. The number of carbonyl (C=O) groups is 1. The highest BCUT2D eigenvalue weighted by Gasteiger charge is 2.09. The Hall–Kier alpha value is -2.34. The predicted molar refractivity (Wildman–Crippen MR) is 85.5 cm³/mol. The van der Waals surface area contributed by atoms with Gasteiger partial charge in [-0.1, -0.05) is 17.3 Å². The third-order valence-corrected chi connectivity index (χ3v) is 3.42. The van der Waals surface area contributed by atoms with Gasteiger partial charge < -0.3 is 9.42 Å². The smallest absolute Gasteiger partial charge is 0.287 e. The van der Waals surface area contributed by atoms with Crippen LogP contribution in [0.3, 0.4) is 0 Å².